The molecule has 21 heavy (non-hydrogen) atoms. The van der Waals surface area contributed by atoms with Gasteiger partial charge in [0, 0.05) is 6.54 Å². The summed E-state index contributed by atoms with van der Waals surface area (Å²) in [5, 5.41) is -0.595. The quantitative estimate of drug-likeness (QED) is 0.872. The molecule has 0 spiro atoms. The Morgan fingerprint density at radius 1 is 1.29 bits per heavy atom. The van der Waals surface area contributed by atoms with E-state index in [1.807, 2.05) is 0 Å². The van der Waals surface area contributed by atoms with Gasteiger partial charge in [-0.2, -0.15) is 13.2 Å². The Balaban J connectivity index is 2.89. The summed E-state index contributed by atoms with van der Waals surface area (Å²) in [4.78, 5) is 0. The van der Waals surface area contributed by atoms with Gasteiger partial charge in [-0.05, 0) is 31.5 Å². The molecule has 1 rings (SSSR count). The fourth-order valence-corrected chi connectivity index (χ4v) is 2.34. The number of halogens is 3. The van der Waals surface area contributed by atoms with Crippen molar-refractivity contribution in [3.8, 4) is 5.75 Å². The molecule has 0 heterocycles. The molecular formula is C13H18F3NO3S. The number of ether oxygens (including phenoxy) is 1. The first kappa shape index (κ1) is 17.8. The first-order chi connectivity index (χ1) is 9.58. The highest BCUT2D eigenvalue weighted by Crippen LogP contribution is 2.36. The minimum absolute atomic E-state index is 0.0227. The highest BCUT2D eigenvalue weighted by molar-refractivity contribution is 7.91. The lowest BCUT2D eigenvalue weighted by molar-refractivity contribution is -0.138. The van der Waals surface area contributed by atoms with Crippen LogP contribution in [0.3, 0.4) is 0 Å². The molecule has 0 amide bonds. The van der Waals surface area contributed by atoms with Crippen molar-refractivity contribution in [3.05, 3.63) is 29.3 Å². The highest BCUT2D eigenvalue weighted by Gasteiger charge is 2.34. The molecule has 0 unspecified atom stereocenters. The summed E-state index contributed by atoms with van der Waals surface area (Å²) in [6.45, 7) is 2.66. The van der Waals surface area contributed by atoms with E-state index in [2.05, 4.69) is 0 Å². The van der Waals surface area contributed by atoms with Crippen LogP contribution >= 0.6 is 0 Å². The Morgan fingerprint density at radius 3 is 2.38 bits per heavy atom. The average molecular weight is 325 g/mol. The zero-order valence-electron chi connectivity index (χ0n) is 11.8. The second kappa shape index (κ2) is 6.65. The number of alkyl halides is 3. The van der Waals surface area contributed by atoms with Crippen LogP contribution in [0.1, 0.15) is 25.0 Å². The second-order valence-corrected chi connectivity index (χ2v) is 7.47. The summed E-state index contributed by atoms with van der Waals surface area (Å²) >= 11 is 0. The molecule has 2 N–H and O–H groups in total. The third-order valence-electron chi connectivity index (χ3n) is 2.93. The van der Waals surface area contributed by atoms with E-state index in [1.54, 1.807) is 0 Å². The lowest BCUT2D eigenvalue weighted by Gasteiger charge is -2.15. The van der Waals surface area contributed by atoms with Gasteiger partial charge in [0.2, 0.25) is 0 Å². The maximum absolute atomic E-state index is 12.9. The topological polar surface area (TPSA) is 69.4 Å². The summed E-state index contributed by atoms with van der Waals surface area (Å²) in [6.07, 6.45) is -4.59. The van der Waals surface area contributed by atoms with E-state index in [-0.39, 0.29) is 18.9 Å². The Hall–Kier alpha value is -1.28. The molecule has 8 heteroatoms. The minimum atomic E-state index is -4.59. The van der Waals surface area contributed by atoms with Gasteiger partial charge in [-0.3, -0.25) is 0 Å². The molecule has 4 nitrogen and oxygen atoms in total. The third kappa shape index (κ3) is 4.89. The highest BCUT2D eigenvalue weighted by atomic mass is 32.2. The zero-order chi connectivity index (χ0) is 16.3. The standard InChI is InChI=1S/C13H18F3NO3S/c1-9(2)21(18,19)6-5-20-12-4-3-10(8-17)7-11(12)13(14,15)16/h3-4,7,9H,5-6,8,17H2,1-2H3. The number of rotatable bonds is 6. The van der Waals surface area contributed by atoms with Crippen LogP contribution in [-0.2, 0) is 22.6 Å². The predicted molar refractivity (Wildman–Crippen MR) is 73.8 cm³/mol. The summed E-state index contributed by atoms with van der Waals surface area (Å²) in [6, 6.07) is 3.49. The summed E-state index contributed by atoms with van der Waals surface area (Å²) in [5.41, 5.74) is 4.69. The molecule has 0 saturated heterocycles. The Morgan fingerprint density at radius 2 is 1.90 bits per heavy atom. The molecule has 0 aromatic heterocycles. The first-order valence-corrected chi connectivity index (χ1v) is 8.04. The maximum atomic E-state index is 12.9. The normalized spacial score (nSPS) is 12.7. The monoisotopic (exact) mass is 325 g/mol. The molecule has 0 aliphatic rings. The van der Waals surface area contributed by atoms with E-state index in [9.17, 15) is 21.6 Å². The van der Waals surface area contributed by atoms with Crippen molar-refractivity contribution in [2.24, 2.45) is 5.73 Å². The van der Waals surface area contributed by atoms with E-state index in [0.717, 1.165) is 12.1 Å². The van der Waals surface area contributed by atoms with E-state index in [4.69, 9.17) is 10.5 Å². The van der Waals surface area contributed by atoms with Crippen LogP contribution in [0.4, 0.5) is 13.2 Å². The summed E-state index contributed by atoms with van der Waals surface area (Å²) in [5.74, 6) is -0.723. The largest absolute Gasteiger partial charge is 0.492 e. The van der Waals surface area contributed by atoms with Crippen molar-refractivity contribution in [3.63, 3.8) is 0 Å². The molecule has 0 radical (unpaired) electrons. The Labute approximate surface area is 122 Å². The third-order valence-corrected chi connectivity index (χ3v) is 5.10. The number of hydrogen-bond acceptors (Lipinski definition) is 4. The molecule has 0 atom stereocenters. The van der Waals surface area contributed by atoms with Crippen LogP contribution in [0.15, 0.2) is 18.2 Å². The van der Waals surface area contributed by atoms with Gasteiger partial charge < -0.3 is 10.5 Å². The molecule has 0 saturated carbocycles. The van der Waals surface area contributed by atoms with Crippen LogP contribution in [0.2, 0.25) is 0 Å². The molecule has 0 aliphatic carbocycles. The van der Waals surface area contributed by atoms with E-state index >= 15 is 0 Å². The van der Waals surface area contributed by atoms with Gasteiger partial charge in [0.05, 0.1) is 16.6 Å². The van der Waals surface area contributed by atoms with Crippen molar-refractivity contribution in [2.75, 3.05) is 12.4 Å². The van der Waals surface area contributed by atoms with E-state index in [0.29, 0.717) is 5.56 Å². The predicted octanol–water partition coefficient (Wildman–Crippen LogP) is 2.37. The van der Waals surface area contributed by atoms with Crippen molar-refractivity contribution in [2.45, 2.75) is 31.8 Å². The Kier molecular flexibility index (Phi) is 5.63. The fourth-order valence-electron chi connectivity index (χ4n) is 1.55. The van der Waals surface area contributed by atoms with Crippen molar-refractivity contribution in [1.29, 1.82) is 0 Å². The van der Waals surface area contributed by atoms with Crippen LogP contribution in [-0.4, -0.2) is 26.0 Å². The van der Waals surface area contributed by atoms with Gasteiger partial charge in [0.15, 0.2) is 9.84 Å². The van der Waals surface area contributed by atoms with Crippen LogP contribution in [0.25, 0.3) is 0 Å². The molecule has 0 bridgehead atoms. The Bertz CT molecular complexity index is 583. The van der Waals surface area contributed by atoms with Crippen molar-refractivity contribution in [1.82, 2.24) is 0 Å². The van der Waals surface area contributed by atoms with Gasteiger partial charge in [0.25, 0.3) is 0 Å². The summed E-state index contributed by atoms with van der Waals surface area (Å²) < 4.78 is 66.9. The smallest absolute Gasteiger partial charge is 0.419 e. The second-order valence-electron chi connectivity index (χ2n) is 4.80. The maximum Gasteiger partial charge on any atom is 0.419 e. The molecule has 0 fully saturated rings. The fraction of sp³-hybridized carbons (Fsp3) is 0.538. The zero-order valence-corrected chi connectivity index (χ0v) is 12.6. The van der Waals surface area contributed by atoms with Crippen molar-refractivity contribution < 1.29 is 26.3 Å². The lowest BCUT2D eigenvalue weighted by atomic mass is 10.1. The molecule has 1 aromatic rings. The van der Waals surface area contributed by atoms with E-state index < -0.39 is 32.6 Å². The SMILES string of the molecule is CC(C)S(=O)(=O)CCOc1ccc(CN)cc1C(F)(F)F. The van der Waals surface area contributed by atoms with Crippen LogP contribution in [0, 0.1) is 0 Å². The van der Waals surface area contributed by atoms with Gasteiger partial charge >= 0.3 is 6.18 Å². The summed E-state index contributed by atoms with van der Waals surface area (Å²) in [7, 11) is -3.36. The molecule has 0 aliphatic heterocycles. The van der Waals surface area contributed by atoms with Crippen molar-refractivity contribution >= 4 is 9.84 Å². The molecular weight excluding hydrogens is 307 g/mol. The number of hydrogen-bond donors (Lipinski definition) is 1. The molecule has 120 valence electrons. The van der Waals surface area contributed by atoms with Crippen LogP contribution in [0.5, 0.6) is 5.75 Å². The van der Waals surface area contributed by atoms with Crippen LogP contribution < -0.4 is 10.5 Å². The number of sulfone groups is 1. The van der Waals surface area contributed by atoms with Gasteiger partial charge in [0.1, 0.15) is 12.4 Å². The van der Waals surface area contributed by atoms with Gasteiger partial charge in [-0.25, -0.2) is 8.42 Å². The number of benzene rings is 1. The van der Waals surface area contributed by atoms with Gasteiger partial charge in [-0.1, -0.05) is 6.07 Å². The number of nitrogens with two attached hydrogens (primary N) is 1. The lowest BCUT2D eigenvalue weighted by Crippen LogP contribution is -2.22. The van der Waals surface area contributed by atoms with Gasteiger partial charge in [-0.15, -0.1) is 0 Å². The minimum Gasteiger partial charge on any atom is -0.492 e. The first-order valence-electron chi connectivity index (χ1n) is 6.32. The average Bonchev–Trinajstić information content (AvgIpc) is 2.37. The van der Waals surface area contributed by atoms with E-state index in [1.165, 1.54) is 19.9 Å². The molecule has 1 aromatic carbocycles.